The van der Waals surface area contributed by atoms with Crippen LogP contribution in [0.4, 0.5) is 0 Å². The zero-order valence-electron chi connectivity index (χ0n) is 24.4. The Labute approximate surface area is 249 Å². The molecule has 4 heteroatoms. The zero-order chi connectivity index (χ0) is 28.3. The smallest absolute Gasteiger partial charge is 0.212 e. The molecule has 0 radical (unpaired) electrons. The summed E-state index contributed by atoms with van der Waals surface area (Å²) in [6.45, 7) is 5.13. The molecule has 2 nitrogen and oxygen atoms in total. The van der Waals surface area contributed by atoms with Crippen molar-refractivity contribution in [1.29, 1.82) is 0 Å². The highest BCUT2D eigenvalue weighted by atomic mass is 28.2. The molecular formula is C37H41BN2Si. The van der Waals surface area contributed by atoms with Crippen LogP contribution in [0.5, 0.6) is 0 Å². The average Bonchev–Trinajstić information content (AvgIpc) is 3.73. The Morgan fingerprint density at radius 3 is 1.61 bits per heavy atom. The molecule has 1 fully saturated rings. The van der Waals surface area contributed by atoms with Crippen LogP contribution in [-0.2, 0) is 5.16 Å². The van der Waals surface area contributed by atoms with Crippen molar-refractivity contribution in [3.05, 3.63) is 162 Å². The maximum atomic E-state index is 4.37. The van der Waals surface area contributed by atoms with Gasteiger partial charge in [0.15, 0.2) is 0 Å². The predicted octanol–water partition coefficient (Wildman–Crippen LogP) is 6.96. The van der Waals surface area contributed by atoms with E-state index in [0.717, 1.165) is 18.7 Å². The molecule has 6 rings (SSSR count). The SMILES string of the molecule is CCC(=C[SiH2]C(c1ccccc1)(c1ccccc1)n1ccnc1)CC.c1ccc(B(c2ccccc2)C2CC2)cc1. The van der Waals surface area contributed by atoms with E-state index < -0.39 is 9.52 Å². The molecule has 0 aliphatic heterocycles. The van der Waals surface area contributed by atoms with Gasteiger partial charge in [-0.25, -0.2) is 4.98 Å². The van der Waals surface area contributed by atoms with Gasteiger partial charge in [-0.1, -0.05) is 176 Å². The maximum absolute atomic E-state index is 4.37. The summed E-state index contributed by atoms with van der Waals surface area (Å²) in [6, 6.07) is 43.6. The lowest BCUT2D eigenvalue weighted by Gasteiger charge is -2.36. The Bertz CT molecular complexity index is 1380. The Morgan fingerprint density at radius 1 is 0.756 bits per heavy atom. The third-order valence-electron chi connectivity index (χ3n) is 8.45. The summed E-state index contributed by atoms with van der Waals surface area (Å²) in [5.41, 5.74) is 9.73. The van der Waals surface area contributed by atoms with Crippen molar-refractivity contribution in [2.75, 3.05) is 0 Å². The molecule has 0 N–H and O–H groups in total. The van der Waals surface area contributed by atoms with Crippen LogP contribution >= 0.6 is 0 Å². The summed E-state index contributed by atoms with van der Waals surface area (Å²) in [7, 11) is -0.656. The van der Waals surface area contributed by atoms with Crippen LogP contribution in [0.1, 0.15) is 50.7 Å². The Balaban J connectivity index is 0.000000181. The molecule has 1 aliphatic carbocycles. The molecular weight excluding hydrogens is 511 g/mol. The first kappa shape index (κ1) is 28.6. The van der Waals surface area contributed by atoms with E-state index in [4.69, 9.17) is 0 Å². The van der Waals surface area contributed by atoms with Gasteiger partial charge in [0.1, 0.15) is 0 Å². The van der Waals surface area contributed by atoms with Gasteiger partial charge in [0, 0.05) is 12.4 Å². The van der Waals surface area contributed by atoms with Gasteiger partial charge >= 0.3 is 0 Å². The van der Waals surface area contributed by atoms with Gasteiger partial charge in [0.25, 0.3) is 0 Å². The minimum Gasteiger partial charge on any atom is -0.326 e. The molecule has 1 aliphatic rings. The van der Waals surface area contributed by atoms with E-state index >= 15 is 0 Å². The van der Waals surface area contributed by atoms with Gasteiger partial charge in [-0.2, -0.15) is 0 Å². The van der Waals surface area contributed by atoms with Crippen LogP contribution in [0, 0.1) is 0 Å². The summed E-state index contributed by atoms with van der Waals surface area (Å²) < 4.78 is 2.31. The van der Waals surface area contributed by atoms with E-state index in [9.17, 15) is 0 Å². The van der Waals surface area contributed by atoms with E-state index in [1.54, 1.807) is 5.57 Å². The number of hydrogen-bond acceptors (Lipinski definition) is 1. The summed E-state index contributed by atoms with van der Waals surface area (Å²) in [5, 5.41) is -0.144. The van der Waals surface area contributed by atoms with Gasteiger partial charge in [0.2, 0.25) is 6.71 Å². The number of benzene rings is 4. The molecule has 4 aromatic carbocycles. The highest BCUT2D eigenvalue weighted by Crippen LogP contribution is 2.38. The fourth-order valence-electron chi connectivity index (χ4n) is 6.04. The van der Waals surface area contributed by atoms with Gasteiger partial charge < -0.3 is 4.57 Å². The molecule has 1 heterocycles. The number of nitrogens with zero attached hydrogens (tertiary/aromatic N) is 2. The lowest BCUT2D eigenvalue weighted by molar-refractivity contribution is 0.596. The van der Waals surface area contributed by atoms with Gasteiger partial charge in [0.05, 0.1) is 21.0 Å². The first-order chi connectivity index (χ1) is 20.3. The van der Waals surface area contributed by atoms with Crippen molar-refractivity contribution in [1.82, 2.24) is 9.55 Å². The van der Waals surface area contributed by atoms with Gasteiger partial charge in [-0.3, -0.25) is 0 Å². The predicted molar refractivity (Wildman–Crippen MR) is 179 cm³/mol. The van der Waals surface area contributed by atoms with Crippen molar-refractivity contribution in [2.24, 2.45) is 0 Å². The van der Waals surface area contributed by atoms with E-state index in [1.807, 2.05) is 12.5 Å². The number of allylic oxidation sites excluding steroid dienone is 1. The molecule has 1 aromatic heterocycles. The second-order valence-corrected chi connectivity index (χ2v) is 12.8. The highest BCUT2D eigenvalue weighted by molar-refractivity contribution is 6.86. The standard InChI is InChI=1S/C22H26N2Si.C15H15B/c1-3-19(4-2)17-25-22(24-16-15-23-18-24,20-11-7-5-8-12-20)21-13-9-6-10-14-21;1-3-7-13(8-4-1)16(15-11-12-15)14-9-5-2-6-10-14/h5-18H,3-4,25H2,1-2H3;1-10,15H,11-12H2. The van der Waals surface area contributed by atoms with Gasteiger partial charge in [-0.15, -0.1) is 0 Å². The fraction of sp³-hybridized carbons (Fsp3) is 0.216. The third kappa shape index (κ3) is 6.89. The first-order valence-corrected chi connectivity index (χ1v) is 16.7. The molecule has 41 heavy (non-hydrogen) atoms. The molecule has 206 valence electrons. The molecule has 1 saturated carbocycles. The van der Waals surface area contributed by atoms with Crippen molar-refractivity contribution >= 4 is 27.2 Å². The Hall–Kier alpha value is -3.89. The maximum Gasteiger partial charge on any atom is 0.212 e. The van der Waals surface area contributed by atoms with Crippen molar-refractivity contribution in [3.63, 3.8) is 0 Å². The summed E-state index contributed by atoms with van der Waals surface area (Å²) in [5.74, 6) is 0.866. The second kappa shape index (κ2) is 14.1. The van der Waals surface area contributed by atoms with Crippen LogP contribution in [0.15, 0.2) is 151 Å². The van der Waals surface area contributed by atoms with Crippen LogP contribution in [-0.4, -0.2) is 25.8 Å². The van der Waals surface area contributed by atoms with Gasteiger partial charge in [-0.05, 0) is 24.0 Å². The minimum absolute atomic E-state index is 0.144. The zero-order valence-corrected chi connectivity index (χ0v) is 25.9. The Morgan fingerprint density at radius 2 is 1.22 bits per heavy atom. The van der Waals surface area contributed by atoms with E-state index in [1.165, 1.54) is 34.9 Å². The largest absolute Gasteiger partial charge is 0.326 e. The normalized spacial score (nSPS) is 12.9. The number of rotatable bonds is 10. The second-order valence-electron chi connectivity index (χ2n) is 11.0. The van der Waals surface area contributed by atoms with Crippen LogP contribution in [0.25, 0.3) is 0 Å². The van der Waals surface area contributed by atoms with Crippen LogP contribution in [0.3, 0.4) is 0 Å². The monoisotopic (exact) mass is 552 g/mol. The van der Waals surface area contributed by atoms with Crippen LogP contribution in [0.2, 0.25) is 5.82 Å². The van der Waals surface area contributed by atoms with Crippen molar-refractivity contribution in [2.45, 2.75) is 50.5 Å². The minimum atomic E-state index is -0.656. The molecule has 5 aromatic rings. The third-order valence-corrected chi connectivity index (χ3v) is 11.0. The average molecular weight is 553 g/mol. The topological polar surface area (TPSA) is 17.8 Å². The molecule has 0 saturated heterocycles. The fourth-order valence-corrected chi connectivity index (χ4v) is 8.54. The summed E-state index contributed by atoms with van der Waals surface area (Å²) >= 11 is 0. The molecule has 0 bridgehead atoms. The molecule has 0 atom stereocenters. The summed E-state index contributed by atoms with van der Waals surface area (Å²) in [6.07, 6.45) is 11.0. The quantitative estimate of drug-likeness (QED) is 0.171. The lowest BCUT2D eigenvalue weighted by atomic mass is 9.37. The van der Waals surface area contributed by atoms with Crippen LogP contribution < -0.4 is 10.9 Å². The molecule has 0 amide bonds. The first-order valence-electron chi connectivity index (χ1n) is 15.1. The molecule has 0 unspecified atom stereocenters. The molecule has 0 spiro atoms. The van der Waals surface area contributed by atoms with Crippen molar-refractivity contribution in [3.8, 4) is 0 Å². The van der Waals surface area contributed by atoms with E-state index in [-0.39, 0.29) is 5.16 Å². The van der Waals surface area contributed by atoms with E-state index in [2.05, 4.69) is 157 Å². The highest BCUT2D eigenvalue weighted by Gasteiger charge is 2.36. The van der Waals surface area contributed by atoms with E-state index in [0.29, 0.717) is 6.71 Å². The number of hydrogen-bond donors (Lipinski definition) is 0. The lowest BCUT2D eigenvalue weighted by Crippen LogP contribution is -2.42. The Kier molecular flexibility index (Phi) is 9.88. The number of imidazole rings is 1. The number of aromatic nitrogens is 2. The summed E-state index contributed by atoms with van der Waals surface area (Å²) in [4.78, 5) is 4.37. The van der Waals surface area contributed by atoms with Crippen molar-refractivity contribution < 1.29 is 0 Å².